The summed E-state index contributed by atoms with van der Waals surface area (Å²) in [5.74, 6) is -0.606. The number of methoxy groups -OCH3 is 1. The van der Waals surface area contributed by atoms with Gasteiger partial charge < -0.3 is 19.5 Å². The van der Waals surface area contributed by atoms with Crippen LogP contribution in [0.3, 0.4) is 0 Å². The molecule has 2 aromatic rings. The second kappa shape index (κ2) is 9.17. The Balaban J connectivity index is 1.79. The molecule has 1 fully saturated rings. The fourth-order valence-electron chi connectivity index (χ4n) is 4.50. The molecule has 4 rings (SSSR count). The van der Waals surface area contributed by atoms with Gasteiger partial charge in [-0.2, -0.15) is 0 Å². The highest BCUT2D eigenvalue weighted by molar-refractivity contribution is 6.46. The van der Waals surface area contributed by atoms with Crippen LogP contribution >= 0.6 is 0 Å². The minimum Gasteiger partial charge on any atom is -0.507 e. The number of aryl methyl sites for hydroxylation is 1. The van der Waals surface area contributed by atoms with E-state index in [1.54, 1.807) is 18.1 Å². The highest BCUT2D eigenvalue weighted by Gasteiger charge is 2.45. The maximum absolute atomic E-state index is 13.1. The molecule has 0 radical (unpaired) electrons. The summed E-state index contributed by atoms with van der Waals surface area (Å²) in [4.78, 5) is 27.6. The maximum atomic E-state index is 13.1. The van der Waals surface area contributed by atoms with E-state index in [2.05, 4.69) is 6.92 Å². The zero-order valence-electron chi connectivity index (χ0n) is 18.8. The molecule has 2 unspecified atom stereocenters. The standard InChI is InChI=1S/C26H29NO5/c1-4-17-6-8-18(9-7-17)23-22(25(29)26(30)27(23)12-5-13-31-3)24(28)19-10-11-21-20(15-19)14-16(2)32-21/h6-11,15-16,23,28H,4-5,12-14H2,1-3H3/b24-22+. The molecule has 0 aliphatic carbocycles. The van der Waals surface area contributed by atoms with Gasteiger partial charge in [0.15, 0.2) is 0 Å². The Kier molecular flexibility index (Phi) is 6.33. The Labute approximate surface area is 188 Å². The normalized spacial score (nSPS) is 21.7. The molecule has 1 N–H and O–H groups in total. The molecule has 168 valence electrons. The van der Waals surface area contributed by atoms with E-state index in [0.717, 1.165) is 35.3 Å². The Morgan fingerprint density at radius 2 is 1.94 bits per heavy atom. The lowest BCUT2D eigenvalue weighted by molar-refractivity contribution is -0.140. The van der Waals surface area contributed by atoms with Gasteiger partial charge >= 0.3 is 0 Å². The third-order valence-corrected chi connectivity index (χ3v) is 6.16. The van der Waals surface area contributed by atoms with E-state index in [1.807, 2.05) is 43.3 Å². The van der Waals surface area contributed by atoms with Crippen LogP contribution < -0.4 is 4.74 Å². The number of likely N-dealkylation sites (tertiary alicyclic amines) is 1. The number of hydrogen-bond donors (Lipinski definition) is 1. The largest absolute Gasteiger partial charge is 0.507 e. The molecular formula is C26H29NO5. The second-order valence-corrected chi connectivity index (χ2v) is 8.39. The molecule has 0 saturated carbocycles. The average Bonchev–Trinajstić information content (AvgIpc) is 3.29. The number of aliphatic hydroxyl groups excluding tert-OH is 1. The minimum atomic E-state index is -0.658. The number of hydrogen-bond acceptors (Lipinski definition) is 5. The molecule has 1 saturated heterocycles. The topological polar surface area (TPSA) is 76.1 Å². The number of ether oxygens (including phenoxy) is 2. The first-order chi connectivity index (χ1) is 15.4. The van der Waals surface area contributed by atoms with Crippen molar-refractivity contribution in [3.05, 3.63) is 70.3 Å². The van der Waals surface area contributed by atoms with Gasteiger partial charge in [0.25, 0.3) is 11.7 Å². The fourth-order valence-corrected chi connectivity index (χ4v) is 4.50. The molecule has 2 aromatic carbocycles. The lowest BCUT2D eigenvalue weighted by Gasteiger charge is -2.25. The van der Waals surface area contributed by atoms with E-state index in [9.17, 15) is 14.7 Å². The summed E-state index contributed by atoms with van der Waals surface area (Å²) in [6.07, 6.45) is 2.31. The van der Waals surface area contributed by atoms with Gasteiger partial charge in [-0.25, -0.2) is 0 Å². The highest BCUT2D eigenvalue weighted by Crippen LogP contribution is 2.40. The zero-order chi connectivity index (χ0) is 22.8. The lowest BCUT2D eigenvalue weighted by atomic mass is 9.93. The number of nitrogens with zero attached hydrogens (tertiary/aromatic N) is 1. The van der Waals surface area contributed by atoms with Gasteiger partial charge in [0.2, 0.25) is 0 Å². The van der Waals surface area contributed by atoms with Gasteiger partial charge in [-0.3, -0.25) is 9.59 Å². The van der Waals surface area contributed by atoms with Crippen LogP contribution in [-0.4, -0.2) is 48.1 Å². The molecule has 0 aromatic heterocycles. The quantitative estimate of drug-likeness (QED) is 0.308. The van der Waals surface area contributed by atoms with Gasteiger partial charge in [0, 0.05) is 32.2 Å². The van der Waals surface area contributed by atoms with Crippen LogP contribution in [0.2, 0.25) is 0 Å². The minimum absolute atomic E-state index is 0.0749. The van der Waals surface area contributed by atoms with E-state index in [0.29, 0.717) is 25.1 Å². The number of rotatable bonds is 7. The van der Waals surface area contributed by atoms with E-state index in [4.69, 9.17) is 9.47 Å². The van der Waals surface area contributed by atoms with Crippen LogP contribution in [0.25, 0.3) is 5.76 Å². The van der Waals surface area contributed by atoms with Crippen molar-refractivity contribution < 1.29 is 24.2 Å². The van der Waals surface area contributed by atoms with Crippen LogP contribution in [0.1, 0.15) is 48.6 Å². The number of carbonyl (C=O) groups excluding carboxylic acids is 2. The summed E-state index contributed by atoms with van der Waals surface area (Å²) in [6.45, 7) is 4.91. The average molecular weight is 436 g/mol. The van der Waals surface area contributed by atoms with Crippen molar-refractivity contribution in [2.75, 3.05) is 20.3 Å². The van der Waals surface area contributed by atoms with Gasteiger partial charge in [0.05, 0.1) is 11.6 Å². The first-order valence-electron chi connectivity index (χ1n) is 11.1. The number of ketones is 1. The number of Topliss-reactive ketones (excluding diaryl/α,β-unsaturated/α-hetero) is 1. The molecular weight excluding hydrogens is 406 g/mol. The summed E-state index contributed by atoms with van der Waals surface area (Å²) in [7, 11) is 1.60. The third kappa shape index (κ3) is 4.02. The molecule has 2 aliphatic heterocycles. The van der Waals surface area contributed by atoms with Crippen LogP contribution in [0.5, 0.6) is 5.75 Å². The Morgan fingerprint density at radius 3 is 2.62 bits per heavy atom. The van der Waals surface area contributed by atoms with E-state index in [-0.39, 0.29) is 17.4 Å². The molecule has 0 spiro atoms. The zero-order valence-corrected chi connectivity index (χ0v) is 18.8. The predicted octanol–water partition coefficient (Wildman–Crippen LogP) is 4.03. The predicted molar refractivity (Wildman–Crippen MR) is 122 cm³/mol. The monoisotopic (exact) mass is 435 g/mol. The molecule has 2 atom stereocenters. The highest BCUT2D eigenvalue weighted by atomic mass is 16.5. The number of fused-ring (bicyclic) bond motifs is 1. The SMILES string of the molecule is CCc1ccc(C2/C(=C(\O)c3ccc4c(c3)CC(C)O4)C(=O)C(=O)N2CCCOC)cc1. The van der Waals surface area contributed by atoms with Crippen molar-refractivity contribution >= 4 is 17.4 Å². The van der Waals surface area contributed by atoms with Gasteiger partial charge in [-0.15, -0.1) is 0 Å². The summed E-state index contributed by atoms with van der Waals surface area (Å²) in [5.41, 5.74) is 3.60. The first kappa shape index (κ1) is 22.1. The summed E-state index contributed by atoms with van der Waals surface area (Å²) >= 11 is 0. The Hall–Kier alpha value is -3.12. The van der Waals surface area contributed by atoms with Gasteiger partial charge in [-0.1, -0.05) is 31.2 Å². The molecule has 2 heterocycles. The summed E-state index contributed by atoms with van der Waals surface area (Å²) in [6, 6.07) is 12.6. The van der Waals surface area contributed by atoms with Crippen molar-refractivity contribution in [1.82, 2.24) is 4.90 Å². The number of aliphatic hydroxyl groups is 1. The third-order valence-electron chi connectivity index (χ3n) is 6.16. The molecule has 6 nitrogen and oxygen atoms in total. The van der Waals surface area contributed by atoms with E-state index in [1.165, 1.54) is 0 Å². The van der Waals surface area contributed by atoms with Crippen molar-refractivity contribution in [1.29, 1.82) is 0 Å². The van der Waals surface area contributed by atoms with Crippen LogP contribution in [-0.2, 0) is 27.2 Å². The molecule has 32 heavy (non-hydrogen) atoms. The molecule has 1 amide bonds. The number of amides is 1. The molecule has 6 heteroatoms. The van der Waals surface area contributed by atoms with Crippen LogP contribution in [0.15, 0.2) is 48.0 Å². The van der Waals surface area contributed by atoms with Crippen molar-refractivity contribution in [2.24, 2.45) is 0 Å². The summed E-state index contributed by atoms with van der Waals surface area (Å²) in [5, 5.41) is 11.2. The van der Waals surface area contributed by atoms with Gasteiger partial charge in [-0.05, 0) is 54.7 Å². The molecule has 2 aliphatic rings. The second-order valence-electron chi connectivity index (χ2n) is 8.39. The fraction of sp³-hybridized carbons (Fsp3) is 0.385. The number of benzene rings is 2. The number of carbonyl (C=O) groups is 2. The smallest absolute Gasteiger partial charge is 0.295 e. The van der Waals surface area contributed by atoms with Gasteiger partial charge in [0.1, 0.15) is 17.6 Å². The van der Waals surface area contributed by atoms with Crippen LogP contribution in [0, 0.1) is 0 Å². The first-order valence-corrected chi connectivity index (χ1v) is 11.1. The molecule has 0 bridgehead atoms. The van der Waals surface area contributed by atoms with Crippen LogP contribution in [0.4, 0.5) is 0 Å². The Morgan fingerprint density at radius 1 is 1.19 bits per heavy atom. The lowest BCUT2D eigenvalue weighted by Crippen LogP contribution is -2.31. The summed E-state index contributed by atoms with van der Waals surface area (Å²) < 4.78 is 10.9. The van der Waals surface area contributed by atoms with Crippen molar-refractivity contribution in [3.63, 3.8) is 0 Å². The Bertz CT molecular complexity index is 1060. The van der Waals surface area contributed by atoms with E-state index >= 15 is 0 Å². The van der Waals surface area contributed by atoms with Crippen molar-refractivity contribution in [3.8, 4) is 5.75 Å². The van der Waals surface area contributed by atoms with E-state index < -0.39 is 17.7 Å². The maximum Gasteiger partial charge on any atom is 0.295 e. The van der Waals surface area contributed by atoms with Crippen molar-refractivity contribution in [2.45, 2.75) is 45.3 Å².